The molecule has 0 saturated heterocycles. The molecule has 0 spiro atoms. The van der Waals surface area contributed by atoms with Crippen LogP contribution in [0.5, 0.6) is 0 Å². The molecule has 2 unspecified atom stereocenters. The average Bonchev–Trinajstić information content (AvgIpc) is 1.98. The highest BCUT2D eigenvalue weighted by Gasteiger charge is 2.25. The van der Waals surface area contributed by atoms with Crippen molar-refractivity contribution in [1.29, 1.82) is 0 Å². The van der Waals surface area contributed by atoms with Gasteiger partial charge < -0.3 is 0 Å². The molecule has 0 heterocycles. The average molecular weight is 151 g/mol. The second-order valence-electron chi connectivity index (χ2n) is 3.39. The van der Waals surface area contributed by atoms with E-state index in [4.69, 9.17) is 0 Å². The van der Waals surface area contributed by atoms with Gasteiger partial charge in [-0.1, -0.05) is 13.0 Å². The van der Waals surface area contributed by atoms with E-state index in [0.29, 0.717) is 6.04 Å². The van der Waals surface area contributed by atoms with Gasteiger partial charge in [-0.25, -0.2) is 0 Å². The Labute approximate surface area is 69.2 Å². The summed E-state index contributed by atoms with van der Waals surface area (Å²) < 4.78 is 0. The Bertz CT molecular complexity index is 179. The van der Waals surface area contributed by atoms with Crippen molar-refractivity contribution < 1.29 is 0 Å². The summed E-state index contributed by atoms with van der Waals surface area (Å²) >= 11 is 0. The normalized spacial score (nSPS) is 32.5. The molecule has 2 atom stereocenters. The lowest BCUT2D eigenvalue weighted by Crippen LogP contribution is -2.27. The number of hydrogen-bond acceptors (Lipinski definition) is 1. The Kier molecular flexibility index (Phi) is 2.86. The fourth-order valence-corrected chi connectivity index (χ4v) is 1.39. The Hall–Kier alpha value is -0.590. The predicted octanol–water partition coefficient (Wildman–Crippen LogP) is 2.82. The first-order valence-corrected chi connectivity index (χ1v) is 4.41. The van der Waals surface area contributed by atoms with Gasteiger partial charge in [0.1, 0.15) is 0 Å². The van der Waals surface area contributed by atoms with Crippen LogP contribution in [0.2, 0.25) is 0 Å². The molecule has 0 bridgehead atoms. The molecule has 0 aliphatic heterocycles. The highest BCUT2D eigenvalue weighted by atomic mass is 14.8. The first-order chi connectivity index (χ1) is 5.24. The monoisotopic (exact) mass is 151 g/mol. The van der Waals surface area contributed by atoms with Crippen LogP contribution in [0.4, 0.5) is 0 Å². The standard InChI is InChI=1S/C10H17N/c1-4-5-9(3)11-10-7-6-8(10)2/h4-5,8,10H,6-7H2,1-3H3/b5-4-,11-9-. The molecular formula is C10H17N. The highest BCUT2D eigenvalue weighted by Crippen LogP contribution is 2.29. The molecule has 0 aromatic heterocycles. The molecule has 1 aliphatic carbocycles. The molecule has 1 saturated carbocycles. The van der Waals surface area contributed by atoms with Crippen molar-refractivity contribution in [2.75, 3.05) is 0 Å². The van der Waals surface area contributed by atoms with Crippen molar-refractivity contribution >= 4 is 5.71 Å². The van der Waals surface area contributed by atoms with Gasteiger partial charge in [0.25, 0.3) is 0 Å². The maximum atomic E-state index is 4.58. The van der Waals surface area contributed by atoms with E-state index in [9.17, 15) is 0 Å². The minimum atomic E-state index is 0.617. The topological polar surface area (TPSA) is 12.4 Å². The second kappa shape index (κ2) is 3.70. The smallest absolute Gasteiger partial charge is 0.0528 e. The molecule has 0 aromatic rings. The van der Waals surface area contributed by atoms with Gasteiger partial charge in [-0.05, 0) is 38.7 Å². The zero-order valence-corrected chi connectivity index (χ0v) is 7.67. The van der Waals surface area contributed by atoms with Gasteiger partial charge in [0.05, 0.1) is 6.04 Å². The molecule has 1 heteroatoms. The molecule has 1 rings (SSSR count). The summed E-state index contributed by atoms with van der Waals surface area (Å²) in [6.07, 6.45) is 6.76. The van der Waals surface area contributed by atoms with Gasteiger partial charge in [-0.15, -0.1) is 0 Å². The molecule has 62 valence electrons. The van der Waals surface area contributed by atoms with Crippen LogP contribution in [0.1, 0.15) is 33.6 Å². The van der Waals surface area contributed by atoms with Gasteiger partial charge in [-0.2, -0.15) is 0 Å². The first-order valence-electron chi connectivity index (χ1n) is 4.41. The lowest BCUT2D eigenvalue weighted by atomic mass is 9.81. The summed E-state index contributed by atoms with van der Waals surface area (Å²) in [7, 11) is 0. The molecule has 1 nitrogen and oxygen atoms in total. The third kappa shape index (κ3) is 2.18. The van der Waals surface area contributed by atoms with Crippen molar-refractivity contribution in [2.45, 2.75) is 39.7 Å². The van der Waals surface area contributed by atoms with Crippen LogP contribution < -0.4 is 0 Å². The lowest BCUT2D eigenvalue weighted by Gasteiger charge is -2.30. The fourth-order valence-electron chi connectivity index (χ4n) is 1.39. The van der Waals surface area contributed by atoms with Crippen LogP contribution in [0.3, 0.4) is 0 Å². The Morgan fingerprint density at radius 3 is 2.55 bits per heavy atom. The van der Waals surface area contributed by atoms with E-state index < -0.39 is 0 Å². The highest BCUT2D eigenvalue weighted by molar-refractivity contribution is 5.92. The van der Waals surface area contributed by atoms with Gasteiger partial charge in [0.15, 0.2) is 0 Å². The molecule has 0 amide bonds. The van der Waals surface area contributed by atoms with E-state index in [1.54, 1.807) is 0 Å². The second-order valence-corrected chi connectivity index (χ2v) is 3.39. The predicted molar refractivity (Wildman–Crippen MR) is 50.1 cm³/mol. The summed E-state index contributed by atoms with van der Waals surface area (Å²) in [5.41, 5.74) is 1.17. The largest absolute Gasteiger partial charge is 0.286 e. The van der Waals surface area contributed by atoms with E-state index in [2.05, 4.69) is 24.9 Å². The van der Waals surface area contributed by atoms with Crippen LogP contribution in [0.15, 0.2) is 17.1 Å². The molecule has 0 radical (unpaired) electrons. The summed E-state index contributed by atoms with van der Waals surface area (Å²) in [5, 5.41) is 0. The molecule has 0 N–H and O–H groups in total. The van der Waals surface area contributed by atoms with E-state index >= 15 is 0 Å². The number of allylic oxidation sites excluding steroid dienone is 2. The van der Waals surface area contributed by atoms with Gasteiger partial charge in [0.2, 0.25) is 0 Å². The Balaban J connectivity index is 2.43. The van der Waals surface area contributed by atoms with Gasteiger partial charge in [0, 0.05) is 5.71 Å². The van der Waals surface area contributed by atoms with Crippen molar-refractivity contribution in [2.24, 2.45) is 10.9 Å². The maximum Gasteiger partial charge on any atom is 0.0528 e. The van der Waals surface area contributed by atoms with E-state index in [1.807, 2.05) is 13.0 Å². The van der Waals surface area contributed by atoms with Crippen molar-refractivity contribution in [3.8, 4) is 0 Å². The molecule has 1 fully saturated rings. The molecule has 1 aliphatic rings. The number of nitrogens with zero attached hydrogens (tertiary/aromatic N) is 1. The van der Waals surface area contributed by atoms with Gasteiger partial charge >= 0.3 is 0 Å². The van der Waals surface area contributed by atoms with Crippen molar-refractivity contribution in [3.63, 3.8) is 0 Å². The van der Waals surface area contributed by atoms with Crippen molar-refractivity contribution in [3.05, 3.63) is 12.2 Å². The summed E-state index contributed by atoms with van der Waals surface area (Å²) in [5.74, 6) is 0.815. The quantitative estimate of drug-likeness (QED) is 0.538. The van der Waals surface area contributed by atoms with Gasteiger partial charge in [-0.3, -0.25) is 4.99 Å². The third-order valence-electron chi connectivity index (χ3n) is 2.35. The zero-order valence-electron chi connectivity index (χ0n) is 7.67. The van der Waals surface area contributed by atoms with Crippen LogP contribution in [-0.2, 0) is 0 Å². The zero-order chi connectivity index (χ0) is 8.27. The number of aliphatic imine (C=N–C) groups is 1. The van der Waals surface area contributed by atoms with Crippen LogP contribution in [-0.4, -0.2) is 11.8 Å². The summed E-state index contributed by atoms with van der Waals surface area (Å²) in [6.45, 7) is 6.38. The van der Waals surface area contributed by atoms with Crippen LogP contribution in [0.25, 0.3) is 0 Å². The van der Waals surface area contributed by atoms with E-state index in [0.717, 1.165) is 5.92 Å². The van der Waals surface area contributed by atoms with Crippen LogP contribution in [0, 0.1) is 5.92 Å². The Morgan fingerprint density at radius 1 is 1.45 bits per heavy atom. The minimum Gasteiger partial charge on any atom is -0.286 e. The molecular weight excluding hydrogens is 134 g/mol. The number of rotatable bonds is 2. The summed E-state index contributed by atoms with van der Waals surface area (Å²) in [4.78, 5) is 4.58. The molecule has 0 aromatic carbocycles. The first kappa shape index (κ1) is 8.51. The van der Waals surface area contributed by atoms with E-state index in [1.165, 1.54) is 18.6 Å². The third-order valence-corrected chi connectivity index (χ3v) is 2.35. The van der Waals surface area contributed by atoms with Crippen LogP contribution >= 0.6 is 0 Å². The maximum absolute atomic E-state index is 4.58. The number of hydrogen-bond donors (Lipinski definition) is 0. The fraction of sp³-hybridized carbons (Fsp3) is 0.700. The summed E-state index contributed by atoms with van der Waals surface area (Å²) in [6, 6.07) is 0.617. The lowest BCUT2D eigenvalue weighted by molar-refractivity contribution is 0.284. The molecule has 11 heavy (non-hydrogen) atoms. The Morgan fingerprint density at radius 2 is 2.18 bits per heavy atom. The minimum absolute atomic E-state index is 0.617. The van der Waals surface area contributed by atoms with Crippen molar-refractivity contribution in [1.82, 2.24) is 0 Å². The van der Waals surface area contributed by atoms with E-state index in [-0.39, 0.29) is 0 Å². The SMILES string of the molecule is C/C=C\C(C)=N/C1CCC1C.